The van der Waals surface area contributed by atoms with Crippen molar-refractivity contribution in [2.45, 2.75) is 26.2 Å². The predicted molar refractivity (Wildman–Crippen MR) is 62.2 cm³/mol. The molecular weight excluding hydrogens is 200 g/mol. The highest BCUT2D eigenvalue weighted by molar-refractivity contribution is 5.82. The number of carbonyl (C=O) groups excluding carboxylic acids is 1. The van der Waals surface area contributed by atoms with E-state index in [9.17, 15) is 4.79 Å². The molecule has 0 saturated carbocycles. The molecule has 0 amide bonds. The van der Waals surface area contributed by atoms with Crippen LogP contribution in [0.25, 0.3) is 0 Å². The fourth-order valence-electron chi connectivity index (χ4n) is 1.65. The maximum atomic E-state index is 11.2. The summed E-state index contributed by atoms with van der Waals surface area (Å²) in [6.07, 6.45) is 0. The first-order chi connectivity index (χ1) is 7.47. The second-order valence-corrected chi connectivity index (χ2v) is 5.12. The van der Waals surface area contributed by atoms with Gasteiger partial charge in [0.15, 0.2) is 5.78 Å². The van der Waals surface area contributed by atoms with Gasteiger partial charge in [-0.1, -0.05) is 26.8 Å². The Morgan fingerprint density at radius 2 is 1.69 bits per heavy atom. The van der Waals surface area contributed by atoms with E-state index in [0.717, 1.165) is 10.7 Å². The van der Waals surface area contributed by atoms with E-state index in [0.29, 0.717) is 0 Å². The van der Waals surface area contributed by atoms with Crippen molar-refractivity contribution < 1.29 is 4.79 Å². The van der Waals surface area contributed by atoms with Crippen LogP contribution in [-0.2, 0) is 10.2 Å². The summed E-state index contributed by atoms with van der Waals surface area (Å²) in [4.78, 5) is 19.8. The summed E-state index contributed by atoms with van der Waals surface area (Å²) in [7, 11) is 0. The molecule has 0 spiro atoms. The number of rotatable bonds is 0. The number of Topliss-reactive ketones (excluding diaryl/α,β-unsaturated/α-hetero) is 1. The molecule has 1 aliphatic rings. The molecule has 0 unspecified atom stereocenters. The fraction of sp³-hybridized carbons (Fsp3) is 0.462. The molecule has 3 heteroatoms. The van der Waals surface area contributed by atoms with Crippen LogP contribution in [0.4, 0.5) is 0 Å². The molecule has 0 fully saturated rings. The Kier molecular flexibility index (Phi) is 2.62. The minimum atomic E-state index is 0.0773. The number of hydrogen-bond acceptors (Lipinski definition) is 3. The molecule has 0 bridgehead atoms. The van der Waals surface area contributed by atoms with Gasteiger partial charge in [0, 0.05) is 0 Å². The maximum Gasteiger partial charge on any atom is 0.175 e. The van der Waals surface area contributed by atoms with E-state index in [1.165, 1.54) is 5.56 Å². The van der Waals surface area contributed by atoms with E-state index in [-0.39, 0.29) is 24.3 Å². The van der Waals surface area contributed by atoms with Gasteiger partial charge in [-0.3, -0.25) is 14.8 Å². The third-order valence-electron chi connectivity index (χ3n) is 2.69. The van der Waals surface area contributed by atoms with Crippen LogP contribution < -0.4 is 10.7 Å². The molecule has 16 heavy (non-hydrogen) atoms. The van der Waals surface area contributed by atoms with Crippen LogP contribution >= 0.6 is 0 Å². The summed E-state index contributed by atoms with van der Waals surface area (Å²) in [5, 5.41) is 1.68. The highest BCUT2D eigenvalue weighted by atomic mass is 16.1. The van der Waals surface area contributed by atoms with Gasteiger partial charge in [-0.2, -0.15) is 0 Å². The molecule has 0 atom stereocenters. The van der Waals surface area contributed by atoms with E-state index in [1.807, 2.05) is 12.1 Å². The number of nitrogens with zero attached hydrogens (tertiary/aromatic N) is 2. The van der Waals surface area contributed by atoms with Crippen molar-refractivity contribution in [1.29, 1.82) is 0 Å². The van der Waals surface area contributed by atoms with Gasteiger partial charge in [-0.15, -0.1) is 0 Å². The molecule has 1 aliphatic heterocycles. The lowest BCUT2D eigenvalue weighted by Crippen LogP contribution is -2.27. The van der Waals surface area contributed by atoms with Gasteiger partial charge in [-0.25, -0.2) is 0 Å². The molecule has 1 aromatic rings. The van der Waals surface area contributed by atoms with E-state index in [2.05, 4.69) is 36.8 Å². The van der Waals surface area contributed by atoms with E-state index in [1.54, 1.807) is 0 Å². The number of ketones is 1. The van der Waals surface area contributed by atoms with Crippen molar-refractivity contribution >= 4 is 5.78 Å². The standard InChI is InChI=1S/C13H16N2O/c1-13(2,3)9-4-5-11-12(6-9)15-8-10(16)7-14-11/h4-6H,7-8H2,1-3H3. The lowest BCUT2D eigenvalue weighted by atomic mass is 9.87. The zero-order valence-corrected chi connectivity index (χ0v) is 9.95. The first-order valence-electron chi connectivity index (χ1n) is 5.48. The summed E-state index contributed by atoms with van der Waals surface area (Å²) in [5.74, 6) is 0.0773. The van der Waals surface area contributed by atoms with Crippen molar-refractivity contribution in [3.05, 3.63) is 34.5 Å². The van der Waals surface area contributed by atoms with Crippen molar-refractivity contribution in [2.24, 2.45) is 9.98 Å². The normalized spacial score (nSPS) is 15.8. The summed E-state index contributed by atoms with van der Waals surface area (Å²) >= 11 is 0. The zero-order valence-electron chi connectivity index (χ0n) is 9.95. The molecular formula is C13H16N2O. The molecule has 2 rings (SSSR count). The van der Waals surface area contributed by atoms with Gasteiger partial charge in [0.1, 0.15) is 13.1 Å². The van der Waals surface area contributed by atoms with E-state index < -0.39 is 0 Å². The fourth-order valence-corrected chi connectivity index (χ4v) is 1.65. The molecule has 3 nitrogen and oxygen atoms in total. The topological polar surface area (TPSA) is 41.8 Å². The molecule has 0 saturated heterocycles. The lowest BCUT2D eigenvalue weighted by Gasteiger charge is -2.18. The zero-order chi connectivity index (χ0) is 11.8. The third-order valence-corrected chi connectivity index (χ3v) is 2.69. The molecule has 84 valence electrons. The molecule has 0 aliphatic carbocycles. The van der Waals surface area contributed by atoms with Crippen LogP contribution in [0.1, 0.15) is 26.3 Å². The summed E-state index contributed by atoms with van der Waals surface area (Å²) < 4.78 is 0. The Balaban J connectivity index is 2.60. The largest absolute Gasteiger partial charge is 0.296 e. The van der Waals surface area contributed by atoms with Crippen molar-refractivity contribution in [2.75, 3.05) is 13.1 Å². The van der Waals surface area contributed by atoms with Crippen LogP contribution in [0.2, 0.25) is 0 Å². The molecule has 1 aromatic carbocycles. The monoisotopic (exact) mass is 216 g/mol. The summed E-state index contributed by atoms with van der Waals surface area (Å²) in [6.45, 7) is 6.99. The van der Waals surface area contributed by atoms with Gasteiger partial charge in [0.25, 0.3) is 0 Å². The second-order valence-electron chi connectivity index (χ2n) is 5.12. The van der Waals surface area contributed by atoms with Crippen molar-refractivity contribution in [1.82, 2.24) is 0 Å². The quantitative estimate of drug-likeness (QED) is 0.632. The Hall–Kier alpha value is -1.51. The van der Waals surface area contributed by atoms with Crippen LogP contribution in [0.15, 0.2) is 28.2 Å². The Morgan fingerprint density at radius 3 is 2.31 bits per heavy atom. The minimum absolute atomic E-state index is 0.0773. The lowest BCUT2D eigenvalue weighted by molar-refractivity contribution is -0.116. The number of carbonyl (C=O) groups is 1. The molecule has 1 heterocycles. The van der Waals surface area contributed by atoms with Gasteiger partial charge in [-0.05, 0) is 23.1 Å². The molecule has 0 N–H and O–H groups in total. The first-order valence-corrected chi connectivity index (χ1v) is 5.48. The van der Waals surface area contributed by atoms with Gasteiger partial charge in [0.2, 0.25) is 0 Å². The van der Waals surface area contributed by atoms with E-state index >= 15 is 0 Å². The van der Waals surface area contributed by atoms with Crippen LogP contribution in [0, 0.1) is 0 Å². The van der Waals surface area contributed by atoms with Crippen molar-refractivity contribution in [3.8, 4) is 0 Å². The van der Waals surface area contributed by atoms with Crippen LogP contribution in [0.5, 0.6) is 0 Å². The average molecular weight is 216 g/mol. The van der Waals surface area contributed by atoms with Crippen LogP contribution in [-0.4, -0.2) is 18.9 Å². The third kappa shape index (κ3) is 2.18. The van der Waals surface area contributed by atoms with Crippen LogP contribution in [0.3, 0.4) is 0 Å². The average Bonchev–Trinajstić information content (AvgIpc) is 2.39. The summed E-state index contributed by atoms with van der Waals surface area (Å²) in [5.41, 5.74) is 1.32. The van der Waals surface area contributed by atoms with E-state index in [4.69, 9.17) is 0 Å². The number of hydrogen-bond donors (Lipinski definition) is 0. The first kappa shape index (κ1) is 11.0. The van der Waals surface area contributed by atoms with Gasteiger partial charge < -0.3 is 0 Å². The maximum absolute atomic E-state index is 11.2. The SMILES string of the molecule is CC(C)(C)c1ccc2c(c1)=NCC(=O)CN=2. The minimum Gasteiger partial charge on any atom is -0.296 e. The predicted octanol–water partition coefficient (Wildman–Crippen LogP) is 0.806. The smallest absolute Gasteiger partial charge is 0.175 e. The molecule has 0 aromatic heterocycles. The Bertz CT molecular complexity index is 538. The highest BCUT2D eigenvalue weighted by Crippen LogP contribution is 2.19. The summed E-state index contributed by atoms with van der Waals surface area (Å²) in [6, 6.07) is 6.06. The second kappa shape index (κ2) is 3.81. The molecule has 0 radical (unpaired) electrons. The Morgan fingerprint density at radius 1 is 1.06 bits per heavy atom. The van der Waals surface area contributed by atoms with Crippen molar-refractivity contribution in [3.63, 3.8) is 0 Å². The number of benzene rings is 1. The Labute approximate surface area is 94.9 Å². The van der Waals surface area contributed by atoms with Gasteiger partial charge in [0.05, 0.1) is 10.7 Å². The number of fused-ring (bicyclic) bond motifs is 1. The highest BCUT2D eigenvalue weighted by Gasteiger charge is 2.14. The van der Waals surface area contributed by atoms with Gasteiger partial charge >= 0.3 is 0 Å².